The lowest BCUT2D eigenvalue weighted by Gasteiger charge is -2.01. The van der Waals surface area contributed by atoms with E-state index < -0.39 is 0 Å². The molecule has 2 aromatic rings. The summed E-state index contributed by atoms with van der Waals surface area (Å²) in [6, 6.07) is 3.57. The molecule has 0 saturated carbocycles. The third kappa shape index (κ3) is 1.38. The molecule has 3 heteroatoms. The maximum Gasteiger partial charge on any atom is 0.133 e. The predicted molar refractivity (Wildman–Crippen MR) is 58.8 cm³/mol. The molecule has 0 spiro atoms. The van der Waals surface area contributed by atoms with Gasteiger partial charge in [-0.3, -0.25) is 0 Å². The molecule has 14 heavy (non-hydrogen) atoms. The molecule has 0 aliphatic carbocycles. The van der Waals surface area contributed by atoms with Crippen LogP contribution in [-0.4, -0.2) is 10.2 Å². The summed E-state index contributed by atoms with van der Waals surface area (Å²) in [5, 5.41) is 21.8. The summed E-state index contributed by atoms with van der Waals surface area (Å²) in [5.41, 5.74) is 2.00. The Morgan fingerprint density at radius 1 is 1.36 bits per heavy atom. The van der Waals surface area contributed by atoms with E-state index in [1.54, 1.807) is 17.4 Å². The molecule has 1 heterocycles. The van der Waals surface area contributed by atoms with Crippen molar-refractivity contribution < 1.29 is 10.2 Å². The van der Waals surface area contributed by atoms with Crippen LogP contribution in [0.25, 0.3) is 10.1 Å². The van der Waals surface area contributed by atoms with Crippen LogP contribution in [0.2, 0.25) is 0 Å². The maximum atomic E-state index is 9.69. The second kappa shape index (κ2) is 3.59. The lowest BCUT2D eigenvalue weighted by molar-refractivity contribution is 0.281. The molecule has 0 aliphatic rings. The number of benzene rings is 1. The quantitative estimate of drug-likeness (QED) is 0.796. The molecule has 1 aromatic carbocycles. The Balaban J connectivity index is 2.73. The van der Waals surface area contributed by atoms with Gasteiger partial charge in [0.1, 0.15) is 5.75 Å². The van der Waals surface area contributed by atoms with Gasteiger partial charge in [-0.1, -0.05) is 6.92 Å². The van der Waals surface area contributed by atoms with E-state index >= 15 is 0 Å². The molecule has 0 atom stereocenters. The highest BCUT2D eigenvalue weighted by Gasteiger charge is 2.07. The number of phenolic OH excluding ortho intramolecular Hbond substituents is 1. The molecule has 0 bridgehead atoms. The Labute approximate surface area is 86.4 Å². The number of aromatic hydroxyl groups is 1. The van der Waals surface area contributed by atoms with E-state index in [-0.39, 0.29) is 12.4 Å². The van der Waals surface area contributed by atoms with Crippen LogP contribution in [0.5, 0.6) is 5.75 Å². The van der Waals surface area contributed by atoms with Crippen molar-refractivity contribution in [2.75, 3.05) is 0 Å². The summed E-state index contributed by atoms with van der Waals surface area (Å²) in [6.07, 6.45) is 0.953. The summed E-state index contributed by atoms with van der Waals surface area (Å²) in [7, 11) is 0. The third-order valence-electron chi connectivity index (χ3n) is 2.36. The van der Waals surface area contributed by atoms with E-state index in [2.05, 4.69) is 12.3 Å². The minimum Gasteiger partial charge on any atom is -0.506 e. The van der Waals surface area contributed by atoms with Gasteiger partial charge >= 0.3 is 0 Å². The van der Waals surface area contributed by atoms with Crippen LogP contribution in [0, 0.1) is 0 Å². The summed E-state index contributed by atoms with van der Waals surface area (Å²) in [4.78, 5) is 0. The van der Waals surface area contributed by atoms with Gasteiger partial charge in [-0.05, 0) is 40.4 Å². The van der Waals surface area contributed by atoms with Crippen molar-refractivity contribution in [3.8, 4) is 5.75 Å². The van der Waals surface area contributed by atoms with Gasteiger partial charge in [0.05, 0.1) is 11.3 Å². The van der Waals surface area contributed by atoms with Gasteiger partial charge in [0.2, 0.25) is 0 Å². The zero-order chi connectivity index (χ0) is 10.1. The zero-order valence-corrected chi connectivity index (χ0v) is 8.77. The Morgan fingerprint density at radius 3 is 2.79 bits per heavy atom. The van der Waals surface area contributed by atoms with E-state index in [4.69, 9.17) is 5.11 Å². The third-order valence-corrected chi connectivity index (χ3v) is 3.42. The van der Waals surface area contributed by atoms with Crippen molar-refractivity contribution in [3.05, 3.63) is 28.6 Å². The van der Waals surface area contributed by atoms with Gasteiger partial charge < -0.3 is 10.2 Å². The maximum absolute atomic E-state index is 9.69. The fourth-order valence-electron chi connectivity index (χ4n) is 1.59. The summed E-state index contributed by atoms with van der Waals surface area (Å²) < 4.78 is 0.916. The first kappa shape index (κ1) is 9.49. The van der Waals surface area contributed by atoms with Crippen LogP contribution < -0.4 is 0 Å². The van der Waals surface area contributed by atoms with Gasteiger partial charge in [-0.25, -0.2) is 0 Å². The number of phenols is 1. The van der Waals surface area contributed by atoms with Crippen molar-refractivity contribution >= 4 is 21.4 Å². The van der Waals surface area contributed by atoms with Crippen molar-refractivity contribution in [2.24, 2.45) is 0 Å². The molecule has 2 nitrogen and oxygen atoms in total. The molecule has 0 radical (unpaired) electrons. The molecule has 0 amide bonds. The largest absolute Gasteiger partial charge is 0.506 e. The molecule has 2 rings (SSSR count). The van der Waals surface area contributed by atoms with Crippen LogP contribution in [0.15, 0.2) is 17.5 Å². The standard InChI is InChI=1S/C11H12O2S/c1-2-8-6-14-11-9(8)3-7(5-12)4-10(11)13/h3-4,6,12-13H,2,5H2,1H3. The number of hydrogen-bond donors (Lipinski definition) is 2. The lowest BCUT2D eigenvalue weighted by atomic mass is 10.1. The number of aliphatic hydroxyl groups excluding tert-OH is 1. The van der Waals surface area contributed by atoms with Crippen LogP contribution in [0.4, 0.5) is 0 Å². The van der Waals surface area contributed by atoms with Gasteiger partial charge in [0.15, 0.2) is 0 Å². The van der Waals surface area contributed by atoms with Crippen LogP contribution in [0.3, 0.4) is 0 Å². The topological polar surface area (TPSA) is 40.5 Å². The smallest absolute Gasteiger partial charge is 0.133 e. The number of rotatable bonds is 2. The summed E-state index contributed by atoms with van der Waals surface area (Å²) in [5.74, 6) is 0.274. The van der Waals surface area contributed by atoms with Crippen molar-refractivity contribution in [2.45, 2.75) is 20.0 Å². The molecule has 0 aliphatic heterocycles. The Bertz CT molecular complexity index is 460. The first-order valence-electron chi connectivity index (χ1n) is 4.59. The molecular weight excluding hydrogens is 196 g/mol. The van der Waals surface area contributed by atoms with Crippen LogP contribution in [0.1, 0.15) is 18.1 Å². The molecular formula is C11H12O2S. The van der Waals surface area contributed by atoms with Crippen molar-refractivity contribution in [1.29, 1.82) is 0 Å². The van der Waals surface area contributed by atoms with E-state index in [9.17, 15) is 5.11 Å². The number of thiophene rings is 1. The normalized spacial score (nSPS) is 11.0. The Hall–Kier alpha value is -1.06. The molecule has 1 aromatic heterocycles. The lowest BCUT2D eigenvalue weighted by Crippen LogP contribution is -1.83. The second-order valence-corrected chi connectivity index (χ2v) is 4.14. The van der Waals surface area contributed by atoms with Gasteiger partial charge in [-0.15, -0.1) is 11.3 Å². The Morgan fingerprint density at radius 2 is 2.14 bits per heavy atom. The number of aryl methyl sites for hydroxylation is 1. The second-order valence-electron chi connectivity index (χ2n) is 3.26. The average Bonchev–Trinajstić information content (AvgIpc) is 2.61. The minimum absolute atomic E-state index is 0.0253. The van der Waals surface area contributed by atoms with E-state index in [1.165, 1.54) is 5.56 Å². The highest BCUT2D eigenvalue weighted by molar-refractivity contribution is 7.17. The average molecular weight is 208 g/mol. The fraction of sp³-hybridized carbons (Fsp3) is 0.273. The highest BCUT2D eigenvalue weighted by Crippen LogP contribution is 2.34. The first-order chi connectivity index (χ1) is 6.76. The SMILES string of the molecule is CCc1csc2c(O)cc(CO)cc12. The summed E-state index contributed by atoms with van der Waals surface area (Å²) >= 11 is 1.55. The molecule has 2 N–H and O–H groups in total. The van der Waals surface area contributed by atoms with Crippen LogP contribution in [-0.2, 0) is 13.0 Å². The molecule has 0 fully saturated rings. The van der Waals surface area contributed by atoms with E-state index in [0.29, 0.717) is 0 Å². The number of fused-ring (bicyclic) bond motifs is 1. The van der Waals surface area contributed by atoms with Gasteiger partial charge in [-0.2, -0.15) is 0 Å². The van der Waals surface area contributed by atoms with E-state index in [0.717, 1.165) is 22.1 Å². The van der Waals surface area contributed by atoms with Crippen molar-refractivity contribution in [1.82, 2.24) is 0 Å². The molecule has 0 saturated heterocycles. The number of aliphatic hydroxyl groups is 1. The monoisotopic (exact) mass is 208 g/mol. The summed E-state index contributed by atoms with van der Waals surface area (Å²) in [6.45, 7) is 2.06. The zero-order valence-electron chi connectivity index (χ0n) is 7.95. The highest BCUT2D eigenvalue weighted by atomic mass is 32.1. The molecule has 74 valence electrons. The van der Waals surface area contributed by atoms with Crippen molar-refractivity contribution in [3.63, 3.8) is 0 Å². The van der Waals surface area contributed by atoms with Gasteiger partial charge in [0.25, 0.3) is 0 Å². The van der Waals surface area contributed by atoms with Crippen LogP contribution >= 0.6 is 11.3 Å². The van der Waals surface area contributed by atoms with E-state index in [1.807, 2.05) is 6.07 Å². The Kier molecular flexibility index (Phi) is 2.44. The predicted octanol–water partition coefficient (Wildman–Crippen LogP) is 2.66. The minimum atomic E-state index is -0.0253. The fourth-order valence-corrected chi connectivity index (χ4v) is 2.64. The van der Waals surface area contributed by atoms with Gasteiger partial charge in [0, 0.05) is 0 Å². The first-order valence-corrected chi connectivity index (χ1v) is 5.47. The molecule has 0 unspecified atom stereocenters. The number of hydrogen-bond acceptors (Lipinski definition) is 3.